The van der Waals surface area contributed by atoms with E-state index in [-0.39, 0.29) is 24.8 Å². The third kappa shape index (κ3) is 2.42. The minimum Gasteiger partial charge on any atom is -0.341 e. The molecule has 0 radical (unpaired) electrons. The highest BCUT2D eigenvalue weighted by atomic mass is 19.1. The average Bonchev–Trinajstić information content (AvgIpc) is 2.69. The fourth-order valence-electron chi connectivity index (χ4n) is 1.64. The maximum atomic E-state index is 13.1. The lowest BCUT2D eigenvalue weighted by Crippen LogP contribution is -2.27. The topological polar surface area (TPSA) is 57.8 Å². The van der Waals surface area contributed by atoms with E-state index in [2.05, 4.69) is 5.32 Å². The van der Waals surface area contributed by atoms with E-state index >= 15 is 0 Å². The molecule has 2 aromatic rings. The van der Waals surface area contributed by atoms with Gasteiger partial charge in [0.15, 0.2) is 0 Å². The largest absolute Gasteiger partial charge is 0.341 e. The van der Waals surface area contributed by atoms with Crippen LogP contribution in [0.2, 0.25) is 0 Å². The number of fused-ring (bicyclic) bond motifs is 1. The van der Waals surface area contributed by atoms with E-state index in [0.29, 0.717) is 5.52 Å². The van der Waals surface area contributed by atoms with Crippen LogP contribution in [0.15, 0.2) is 30.5 Å². The molecule has 0 fully saturated rings. The number of rotatable bonds is 3. The van der Waals surface area contributed by atoms with Crippen molar-refractivity contribution >= 4 is 16.8 Å². The van der Waals surface area contributed by atoms with Crippen LogP contribution in [0.3, 0.4) is 0 Å². The lowest BCUT2D eigenvalue weighted by molar-refractivity contribution is -0.121. The number of amides is 1. The first-order valence-electron chi connectivity index (χ1n) is 5.09. The Hall–Kier alpha value is -2.35. The smallest absolute Gasteiger partial charge is 0.240 e. The molecule has 5 heteroatoms. The predicted molar refractivity (Wildman–Crippen MR) is 60.5 cm³/mol. The van der Waals surface area contributed by atoms with Crippen LogP contribution in [0.25, 0.3) is 10.9 Å². The van der Waals surface area contributed by atoms with Crippen LogP contribution in [-0.4, -0.2) is 17.0 Å². The van der Waals surface area contributed by atoms with Gasteiger partial charge in [0.25, 0.3) is 0 Å². The number of hydrogen-bond donors (Lipinski definition) is 1. The normalized spacial score (nSPS) is 10.1. The summed E-state index contributed by atoms with van der Waals surface area (Å²) in [7, 11) is 0. The van der Waals surface area contributed by atoms with E-state index in [9.17, 15) is 9.18 Å². The van der Waals surface area contributed by atoms with Crippen molar-refractivity contribution in [3.8, 4) is 6.07 Å². The quantitative estimate of drug-likeness (QED) is 0.812. The van der Waals surface area contributed by atoms with Crippen LogP contribution in [0.4, 0.5) is 4.39 Å². The average molecular weight is 231 g/mol. The summed E-state index contributed by atoms with van der Waals surface area (Å²) in [5, 5.41) is 11.6. The molecule has 0 saturated heterocycles. The Morgan fingerprint density at radius 2 is 2.29 bits per heavy atom. The second kappa shape index (κ2) is 4.66. The van der Waals surface area contributed by atoms with Crippen LogP contribution in [0.5, 0.6) is 0 Å². The molecule has 0 bridgehead atoms. The van der Waals surface area contributed by atoms with Crippen molar-refractivity contribution in [1.82, 2.24) is 9.88 Å². The van der Waals surface area contributed by atoms with Crippen molar-refractivity contribution in [1.29, 1.82) is 5.26 Å². The molecule has 2 rings (SSSR count). The lowest BCUT2D eigenvalue weighted by atomic mass is 10.2. The van der Waals surface area contributed by atoms with E-state index in [1.54, 1.807) is 16.8 Å². The highest BCUT2D eigenvalue weighted by molar-refractivity contribution is 5.83. The first kappa shape index (κ1) is 11.1. The summed E-state index contributed by atoms with van der Waals surface area (Å²) in [6.45, 7) is 0.0566. The number of benzene rings is 1. The van der Waals surface area contributed by atoms with Gasteiger partial charge in [-0.15, -0.1) is 0 Å². The third-order valence-electron chi connectivity index (χ3n) is 2.41. The molecule has 0 aliphatic heterocycles. The molecule has 1 aromatic heterocycles. The number of hydrogen-bond acceptors (Lipinski definition) is 2. The number of nitriles is 1. The Morgan fingerprint density at radius 1 is 1.47 bits per heavy atom. The van der Waals surface area contributed by atoms with Crippen LogP contribution in [-0.2, 0) is 11.3 Å². The van der Waals surface area contributed by atoms with Crippen molar-refractivity contribution in [3.63, 3.8) is 0 Å². The second-order valence-corrected chi connectivity index (χ2v) is 3.58. The van der Waals surface area contributed by atoms with E-state index in [4.69, 9.17) is 5.26 Å². The molecule has 0 saturated carbocycles. The van der Waals surface area contributed by atoms with Crippen molar-refractivity contribution in [2.45, 2.75) is 6.54 Å². The zero-order valence-electron chi connectivity index (χ0n) is 8.98. The summed E-state index contributed by atoms with van der Waals surface area (Å²) in [6, 6.07) is 8.06. The van der Waals surface area contributed by atoms with Crippen molar-refractivity contribution in [3.05, 3.63) is 36.3 Å². The molecule has 0 atom stereocenters. The fourth-order valence-corrected chi connectivity index (χ4v) is 1.64. The van der Waals surface area contributed by atoms with Gasteiger partial charge >= 0.3 is 0 Å². The van der Waals surface area contributed by atoms with Crippen LogP contribution in [0, 0.1) is 17.1 Å². The first-order chi connectivity index (χ1) is 8.20. The number of aromatic nitrogens is 1. The van der Waals surface area contributed by atoms with Gasteiger partial charge < -0.3 is 9.88 Å². The van der Waals surface area contributed by atoms with Gasteiger partial charge in [0.1, 0.15) is 18.9 Å². The van der Waals surface area contributed by atoms with Gasteiger partial charge in [0.05, 0.1) is 11.6 Å². The maximum Gasteiger partial charge on any atom is 0.240 e. The molecule has 1 amide bonds. The van der Waals surface area contributed by atoms with Gasteiger partial charge in [-0.2, -0.15) is 5.26 Å². The van der Waals surface area contributed by atoms with E-state index in [1.807, 2.05) is 12.1 Å². The van der Waals surface area contributed by atoms with Gasteiger partial charge in [0.2, 0.25) is 5.91 Å². The molecule has 17 heavy (non-hydrogen) atoms. The van der Waals surface area contributed by atoms with Gasteiger partial charge in [-0.3, -0.25) is 4.79 Å². The fraction of sp³-hybridized carbons (Fsp3) is 0.167. The zero-order valence-corrected chi connectivity index (χ0v) is 8.98. The molecular weight excluding hydrogens is 221 g/mol. The summed E-state index contributed by atoms with van der Waals surface area (Å²) in [4.78, 5) is 11.4. The van der Waals surface area contributed by atoms with Crippen molar-refractivity contribution < 1.29 is 9.18 Å². The van der Waals surface area contributed by atoms with Gasteiger partial charge in [-0.05, 0) is 29.7 Å². The number of carbonyl (C=O) groups is 1. The first-order valence-corrected chi connectivity index (χ1v) is 5.09. The lowest BCUT2D eigenvalue weighted by Gasteiger charge is -2.04. The summed E-state index contributed by atoms with van der Waals surface area (Å²) in [5.74, 6) is -0.608. The van der Waals surface area contributed by atoms with Crippen molar-refractivity contribution in [2.75, 3.05) is 6.54 Å². The molecule has 1 aromatic carbocycles. The second-order valence-electron chi connectivity index (χ2n) is 3.58. The standard InChI is InChI=1S/C12H10FN3O/c13-10-2-1-9-3-6-16(11(9)7-10)8-12(17)15-5-4-14/h1-3,6-7H,5,8H2,(H,15,17). The monoisotopic (exact) mass is 231 g/mol. The van der Waals surface area contributed by atoms with E-state index in [0.717, 1.165) is 5.39 Å². The molecule has 0 aliphatic carbocycles. The highest BCUT2D eigenvalue weighted by Crippen LogP contribution is 2.16. The molecule has 0 unspecified atom stereocenters. The molecule has 0 aliphatic rings. The summed E-state index contributed by atoms with van der Waals surface area (Å²) in [5.41, 5.74) is 0.664. The van der Waals surface area contributed by atoms with Gasteiger partial charge in [-0.1, -0.05) is 0 Å². The molecule has 4 nitrogen and oxygen atoms in total. The maximum absolute atomic E-state index is 13.1. The SMILES string of the molecule is N#CCNC(=O)Cn1ccc2ccc(F)cc21. The van der Waals surface area contributed by atoms with E-state index in [1.165, 1.54) is 12.1 Å². The number of nitrogens with zero attached hydrogens (tertiary/aromatic N) is 2. The van der Waals surface area contributed by atoms with Crippen LogP contribution >= 0.6 is 0 Å². The number of nitrogens with one attached hydrogen (secondary N) is 1. The Balaban J connectivity index is 2.22. The Bertz CT molecular complexity index is 597. The Morgan fingerprint density at radius 3 is 3.06 bits per heavy atom. The molecular formula is C12H10FN3O. The minimum atomic E-state index is -0.338. The minimum absolute atomic E-state index is 0.0214. The van der Waals surface area contributed by atoms with Gasteiger partial charge in [0, 0.05) is 6.20 Å². The third-order valence-corrected chi connectivity index (χ3v) is 2.41. The molecule has 1 N–H and O–H groups in total. The zero-order chi connectivity index (χ0) is 12.3. The predicted octanol–water partition coefficient (Wildman–Crippen LogP) is 1.42. The number of carbonyl (C=O) groups excluding carboxylic acids is 1. The Kier molecular flexibility index (Phi) is 3.06. The van der Waals surface area contributed by atoms with E-state index < -0.39 is 0 Å². The summed E-state index contributed by atoms with van der Waals surface area (Å²) >= 11 is 0. The summed E-state index contributed by atoms with van der Waals surface area (Å²) in [6.07, 6.45) is 1.72. The van der Waals surface area contributed by atoms with Crippen LogP contribution < -0.4 is 5.32 Å². The number of halogens is 1. The van der Waals surface area contributed by atoms with Crippen LogP contribution in [0.1, 0.15) is 0 Å². The van der Waals surface area contributed by atoms with Crippen molar-refractivity contribution in [2.24, 2.45) is 0 Å². The molecule has 86 valence electrons. The summed E-state index contributed by atoms with van der Waals surface area (Å²) < 4.78 is 14.7. The molecule has 1 heterocycles. The molecule has 0 spiro atoms. The van der Waals surface area contributed by atoms with Gasteiger partial charge in [-0.25, -0.2) is 4.39 Å². The highest BCUT2D eigenvalue weighted by Gasteiger charge is 2.06. The Labute approximate surface area is 97.3 Å².